The van der Waals surface area contributed by atoms with Crippen LogP contribution in [0.2, 0.25) is 0 Å². The van der Waals surface area contributed by atoms with Crippen molar-refractivity contribution in [3.63, 3.8) is 0 Å². The van der Waals surface area contributed by atoms with Crippen LogP contribution in [0.15, 0.2) is 66.7 Å². The van der Waals surface area contributed by atoms with Crippen LogP contribution in [0.3, 0.4) is 0 Å². The third-order valence-corrected chi connectivity index (χ3v) is 3.99. The SMILES string of the molecule is CC(=O)c1ccc(O[C@@H](C)C(=O)Nc2cccc3ccccc23)cc1. The van der Waals surface area contributed by atoms with E-state index in [0.717, 1.165) is 16.5 Å². The molecular weight excluding hydrogens is 314 g/mol. The van der Waals surface area contributed by atoms with E-state index in [1.165, 1.54) is 6.92 Å². The number of hydrogen-bond acceptors (Lipinski definition) is 3. The number of amides is 1. The normalized spacial score (nSPS) is 11.8. The Morgan fingerprint density at radius 2 is 1.60 bits per heavy atom. The van der Waals surface area contributed by atoms with Crippen LogP contribution in [0.5, 0.6) is 5.75 Å². The second-order valence-corrected chi connectivity index (χ2v) is 5.86. The van der Waals surface area contributed by atoms with Crippen LogP contribution >= 0.6 is 0 Å². The quantitative estimate of drug-likeness (QED) is 0.702. The average Bonchev–Trinajstić information content (AvgIpc) is 2.62. The molecule has 0 unspecified atom stereocenters. The van der Waals surface area contributed by atoms with E-state index in [2.05, 4.69) is 5.32 Å². The van der Waals surface area contributed by atoms with Gasteiger partial charge < -0.3 is 10.1 Å². The number of ether oxygens (including phenoxy) is 1. The van der Waals surface area contributed by atoms with Crippen LogP contribution in [-0.2, 0) is 4.79 Å². The number of hydrogen-bond donors (Lipinski definition) is 1. The lowest BCUT2D eigenvalue weighted by Crippen LogP contribution is -2.30. The molecule has 25 heavy (non-hydrogen) atoms. The monoisotopic (exact) mass is 333 g/mol. The van der Waals surface area contributed by atoms with Crippen LogP contribution in [0.1, 0.15) is 24.2 Å². The van der Waals surface area contributed by atoms with Gasteiger partial charge in [0.25, 0.3) is 5.91 Å². The number of benzene rings is 3. The number of carbonyl (C=O) groups is 2. The highest BCUT2D eigenvalue weighted by molar-refractivity contribution is 6.03. The minimum Gasteiger partial charge on any atom is -0.481 e. The lowest BCUT2D eigenvalue weighted by molar-refractivity contribution is -0.122. The molecule has 0 saturated carbocycles. The van der Waals surface area contributed by atoms with Gasteiger partial charge in [0.1, 0.15) is 5.75 Å². The molecule has 0 aliphatic rings. The summed E-state index contributed by atoms with van der Waals surface area (Å²) in [5.41, 5.74) is 1.37. The van der Waals surface area contributed by atoms with Crippen molar-refractivity contribution in [3.8, 4) is 5.75 Å². The number of fused-ring (bicyclic) bond motifs is 1. The minimum atomic E-state index is -0.665. The van der Waals surface area contributed by atoms with Crippen molar-refractivity contribution in [2.75, 3.05) is 5.32 Å². The molecule has 0 aliphatic carbocycles. The van der Waals surface area contributed by atoms with Crippen LogP contribution in [0.25, 0.3) is 10.8 Å². The highest BCUT2D eigenvalue weighted by Gasteiger charge is 2.16. The molecule has 0 fully saturated rings. The van der Waals surface area contributed by atoms with Crippen LogP contribution in [-0.4, -0.2) is 17.8 Å². The van der Waals surface area contributed by atoms with E-state index in [-0.39, 0.29) is 11.7 Å². The average molecular weight is 333 g/mol. The molecule has 0 saturated heterocycles. The first kappa shape index (κ1) is 16.7. The lowest BCUT2D eigenvalue weighted by atomic mass is 10.1. The molecule has 1 N–H and O–H groups in total. The molecule has 0 spiro atoms. The summed E-state index contributed by atoms with van der Waals surface area (Å²) >= 11 is 0. The summed E-state index contributed by atoms with van der Waals surface area (Å²) in [4.78, 5) is 23.7. The number of rotatable bonds is 5. The highest BCUT2D eigenvalue weighted by atomic mass is 16.5. The smallest absolute Gasteiger partial charge is 0.265 e. The Bertz CT molecular complexity index is 911. The van der Waals surface area contributed by atoms with Gasteiger partial charge in [-0.2, -0.15) is 0 Å². The summed E-state index contributed by atoms with van der Waals surface area (Å²) in [5, 5.41) is 4.96. The van der Waals surface area contributed by atoms with E-state index in [1.54, 1.807) is 31.2 Å². The number of carbonyl (C=O) groups excluding carboxylic acids is 2. The van der Waals surface area contributed by atoms with Crippen molar-refractivity contribution >= 4 is 28.2 Å². The van der Waals surface area contributed by atoms with Gasteiger partial charge in [-0.15, -0.1) is 0 Å². The van der Waals surface area contributed by atoms with Crippen LogP contribution in [0, 0.1) is 0 Å². The molecule has 3 aromatic carbocycles. The van der Waals surface area contributed by atoms with Gasteiger partial charge in [-0.1, -0.05) is 36.4 Å². The Hall–Kier alpha value is -3.14. The summed E-state index contributed by atoms with van der Waals surface area (Å²) in [6, 6.07) is 20.4. The molecule has 126 valence electrons. The van der Waals surface area contributed by atoms with Crippen LogP contribution in [0.4, 0.5) is 5.69 Å². The maximum absolute atomic E-state index is 12.4. The summed E-state index contributed by atoms with van der Waals surface area (Å²) in [6.07, 6.45) is -0.665. The zero-order valence-corrected chi connectivity index (χ0v) is 14.2. The standard InChI is InChI=1S/C21H19NO3/c1-14(23)16-10-12-18(13-11-16)25-15(2)21(24)22-20-9-5-7-17-6-3-4-8-19(17)20/h3-13,15H,1-2H3,(H,22,24)/t15-/m0/s1. The van der Waals surface area contributed by atoms with E-state index in [9.17, 15) is 9.59 Å². The van der Waals surface area contributed by atoms with E-state index in [4.69, 9.17) is 4.74 Å². The first-order chi connectivity index (χ1) is 12.0. The predicted octanol–water partition coefficient (Wildman–Crippen LogP) is 4.45. The number of nitrogens with one attached hydrogen (secondary N) is 1. The molecule has 1 atom stereocenters. The summed E-state index contributed by atoms with van der Waals surface area (Å²) in [5.74, 6) is 0.311. The molecule has 4 heteroatoms. The van der Waals surface area contributed by atoms with Gasteiger partial charge in [0.15, 0.2) is 11.9 Å². The summed E-state index contributed by atoms with van der Waals surface area (Å²) in [7, 11) is 0. The largest absolute Gasteiger partial charge is 0.481 e. The molecule has 4 nitrogen and oxygen atoms in total. The van der Waals surface area contributed by atoms with Gasteiger partial charge in [0.05, 0.1) is 0 Å². The van der Waals surface area contributed by atoms with E-state index in [0.29, 0.717) is 11.3 Å². The Balaban J connectivity index is 1.71. The van der Waals surface area contributed by atoms with E-state index < -0.39 is 6.10 Å². The molecule has 0 aromatic heterocycles. The minimum absolute atomic E-state index is 0.00621. The van der Waals surface area contributed by atoms with Gasteiger partial charge in [-0.3, -0.25) is 9.59 Å². The first-order valence-corrected chi connectivity index (χ1v) is 8.11. The topological polar surface area (TPSA) is 55.4 Å². The number of anilines is 1. The fourth-order valence-electron chi connectivity index (χ4n) is 2.59. The van der Waals surface area contributed by atoms with Gasteiger partial charge in [-0.25, -0.2) is 0 Å². The molecule has 0 heterocycles. The predicted molar refractivity (Wildman–Crippen MR) is 99.1 cm³/mol. The number of ketones is 1. The van der Waals surface area contributed by atoms with Gasteiger partial charge in [0, 0.05) is 16.6 Å². The second-order valence-electron chi connectivity index (χ2n) is 5.86. The third kappa shape index (κ3) is 3.86. The fraction of sp³-hybridized carbons (Fsp3) is 0.143. The molecule has 3 aromatic rings. The molecule has 0 bridgehead atoms. The Kier molecular flexibility index (Phi) is 4.80. The van der Waals surface area contributed by atoms with Crippen molar-refractivity contribution in [3.05, 3.63) is 72.3 Å². The van der Waals surface area contributed by atoms with Crippen molar-refractivity contribution in [2.24, 2.45) is 0 Å². The maximum Gasteiger partial charge on any atom is 0.265 e. The molecule has 3 rings (SSSR count). The zero-order chi connectivity index (χ0) is 17.8. The lowest BCUT2D eigenvalue weighted by Gasteiger charge is -2.16. The summed E-state index contributed by atoms with van der Waals surface area (Å²) in [6.45, 7) is 3.20. The van der Waals surface area contributed by atoms with Crippen molar-refractivity contribution < 1.29 is 14.3 Å². The van der Waals surface area contributed by atoms with Crippen molar-refractivity contribution in [2.45, 2.75) is 20.0 Å². The molecule has 0 radical (unpaired) electrons. The van der Waals surface area contributed by atoms with Gasteiger partial charge in [-0.05, 0) is 49.6 Å². The molecule has 1 amide bonds. The van der Waals surface area contributed by atoms with Gasteiger partial charge >= 0.3 is 0 Å². The molecule has 0 aliphatic heterocycles. The van der Waals surface area contributed by atoms with Crippen molar-refractivity contribution in [1.29, 1.82) is 0 Å². The Morgan fingerprint density at radius 1 is 0.920 bits per heavy atom. The Morgan fingerprint density at radius 3 is 2.32 bits per heavy atom. The van der Waals surface area contributed by atoms with Crippen LogP contribution < -0.4 is 10.1 Å². The zero-order valence-electron chi connectivity index (χ0n) is 14.2. The first-order valence-electron chi connectivity index (χ1n) is 8.11. The fourth-order valence-corrected chi connectivity index (χ4v) is 2.59. The van der Waals surface area contributed by atoms with E-state index in [1.807, 2.05) is 42.5 Å². The van der Waals surface area contributed by atoms with Gasteiger partial charge in [0.2, 0.25) is 0 Å². The third-order valence-electron chi connectivity index (χ3n) is 3.99. The summed E-state index contributed by atoms with van der Waals surface area (Å²) < 4.78 is 5.67. The van der Waals surface area contributed by atoms with E-state index >= 15 is 0 Å². The number of Topliss-reactive ketones (excluding diaryl/α,β-unsaturated/α-hetero) is 1. The maximum atomic E-state index is 12.4. The molecular formula is C21H19NO3. The highest BCUT2D eigenvalue weighted by Crippen LogP contribution is 2.23. The Labute approximate surface area is 146 Å². The second kappa shape index (κ2) is 7.18. The van der Waals surface area contributed by atoms with Crippen molar-refractivity contribution in [1.82, 2.24) is 0 Å².